The molecule has 31 heavy (non-hydrogen) atoms. The van der Waals surface area contributed by atoms with Crippen LogP contribution in [0.1, 0.15) is 46.8 Å². The molecule has 4 heterocycles. The third-order valence-electron chi connectivity index (χ3n) is 6.97. The lowest BCUT2D eigenvalue weighted by atomic mass is 9.82. The van der Waals surface area contributed by atoms with Crippen molar-refractivity contribution < 1.29 is 13.9 Å². The number of ether oxygens (including phenoxy) is 1. The fourth-order valence-corrected chi connectivity index (χ4v) is 5.43. The number of benzene rings is 1. The van der Waals surface area contributed by atoms with Crippen LogP contribution >= 0.6 is 0 Å². The van der Waals surface area contributed by atoms with Crippen LogP contribution in [0.4, 0.5) is 4.39 Å². The van der Waals surface area contributed by atoms with Crippen molar-refractivity contribution in [1.82, 2.24) is 14.4 Å². The Morgan fingerprint density at radius 3 is 2.68 bits per heavy atom. The van der Waals surface area contributed by atoms with Crippen molar-refractivity contribution >= 4 is 5.91 Å². The number of likely N-dealkylation sites (tertiary alicyclic amines) is 2. The van der Waals surface area contributed by atoms with Gasteiger partial charge < -0.3 is 14.2 Å². The molecule has 1 aromatic carbocycles. The third kappa shape index (κ3) is 3.76. The first-order valence-corrected chi connectivity index (χ1v) is 11.1. The second kappa shape index (κ2) is 8.11. The van der Waals surface area contributed by atoms with Crippen molar-refractivity contribution in [2.75, 3.05) is 33.3 Å². The number of carbonyl (C=O) groups is 1. The quantitative estimate of drug-likeness (QED) is 0.756. The minimum Gasteiger partial charge on any atom is -0.497 e. The SMILES string of the molecule is COc1ccc(C(=O)N2C[C@@H]3C[C@H](C2)c2ccc(CN4CCCC4)c(=O)n2C3)c(F)c1. The predicted molar refractivity (Wildman–Crippen MR) is 115 cm³/mol. The number of hydrogen-bond acceptors (Lipinski definition) is 4. The predicted octanol–water partition coefficient (Wildman–Crippen LogP) is 2.85. The van der Waals surface area contributed by atoms with Crippen LogP contribution in [0.5, 0.6) is 5.75 Å². The normalized spacial score (nSPS) is 23.0. The van der Waals surface area contributed by atoms with Crippen LogP contribution in [0.15, 0.2) is 35.1 Å². The lowest BCUT2D eigenvalue weighted by Crippen LogP contribution is -2.49. The lowest BCUT2D eigenvalue weighted by Gasteiger charge is -2.43. The second-order valence-electron chi connectivity index (χ2n) is 9.04. The highest BCUT2D eigenvalue weighted by Gasteiger charge is 2.37. The highest BCUT2D eigenvalue weighted by atomic mass is 19.1. The molecule has 1 aromatic heterocycles. The average molecular weight is 426 g/mol. The Kier molecular flexibility index (Phi) is 5.30. The van der Waals surface area contributed by atoms with E-state index in [0.29, 0.717) is 25.4 Å². The van der Waals surface area contributed by atoms with Gasteiger partial charge in [-0.1, -0.05) is 6.07 Å². The summed E-state index contributed by atoms with van der Waals surface area (Å²) in [5, 5.41) is 0. The summed E-state index contributed by atoms with van der Waals surface area (Å²) in [4.78, 5) is 30.3. The van der Waals surface area contributed by atoms with Gasteiger partial charge >= 0.3 is 0 Å². The molecule has 3 aliphatic rings. The first-order valence-electron chi connectivity index (χ1n) is 11.1. The molecule has 2 atom stereocenters. The maximum Gasteiger partial charge on any atom is 0.256 e. The molecule has 0 radical (unpaired) electrons. The number of fused-ring (bicyclic) bond motifs is 4. The molecule has 2 fully saturated rings. The summed E-state index contributed by atoms with van der Waals surface area (Å²) >= 11 is 0. The van der Waals surface area contributed by atoms with Gasteiger partial charge in [0, 0.05) is 49.4 Å². The van der Waals surface area contributed by atoms with Crippen molar-refractivity contribution in [1.29, 1.82) is 0 Å². The van der Waals surface area contributed by atoms with Crippen LogP contribution in [-0.2, 0) is 13.1 Å². The van der Waals surface area contributed by atoms with Gasteiger partial charge in [0.25, 0.3) is 11.5 Å². The van der Waals surface area contributed by atoms with E-state index in [9.17, 15) is 14.0 Å². The standard InChI is InChI=1S/C24H28FN3O3/c1-31-19-5-6-20(21(25)11-19)24(30)27-12-16-10-18(15-27)22-7-4-17(23(29)28(22)13-16)14-26-8-2-3-9-26/h4-7,11,16,18H,2-3,8-10,12-15H2,1H3/t16-,18+/m0/s1. The molecule has 0 spiro atoms. The fraction of sp³-hybridized carbons (Fsp3) is 0.500. The van der Waals surface area contributed by atoms with Gasteiger partial charge in [0.15, 0.2) is 0 Å². The number of carbonyl (C=O) groups excluding carboxylic acids is 1. The van der Waals surface area contributed by atoms with Crippen molar-refractivity contribution in [2.24, 2.45) is 5.92 Å². The van der Waals surface area contributed by atoms with Crippen LogP contribution in [-0.4, -0.2) is 53.6 Å². The van der Waals surface area contributed by atoms with E-state index in [1.807, 2.05) is 10.6 Å². The van der Waals surface area contributed by atoms with Crippen LogP contribution in [0.3, 0.4) is 0 Å². The number of pyridine rings is 1. The molecule has 6 nitrogen and oxygen atoms in total. The van der Waals surface area contributed by atoms with Gasteiger partial charge in [0.05, 0.1) is 12.7 Å². The number of nitrogens with zero attached hydrogens (tertiary/aromatic N) is 3. The number of rotatable bonds is 4. The van der Waals surface area contributed by atoms with E-state index >= 15 is 0 Å². The zero-order chi connectivity index (χ0) is 21.5. The fourth-order valence-electron chi connectivity index (χ4n) is 5.43. The highest BCUT2D eigenvalue weighted by Crippen LogP contribution is 2.36. The third-order valence-corrected chi connectivity index (χ3v) is 6.97. The number of aromatic nitrogens is 1. The molecule has 2 aromatic rings. The smallest absolute Gasteiger partial charge is 0.256 e. The molecular weight excluding hydrogens is 397 g/mol. The van der Waals surface area contributed by atoms with E-state index in [-0.39, 0.29) is 28.9 Å². The molecule has 2 saturated heterocycles. The van der Waals surface area contributed by atoms with E-state index in [0.717, 1.165) is 37.3 Å². The van der Waals surface area contributed by atoms with Crippen molar-refractivity contribution in [2.45, 2.75) is 38.3 Å². The van der Waals surface area contributed by atoms with E-state index in [4.69, 9.17) is 4.74 Å². The number of halogens is 1. The van der Waals surface area contributed by atoms with Crippen LogP contribution in [0, 0.1) is 11.7 Å². The molecule has 0 N–H and O–H groups in total. The summed E-state index contributed by atoms with van der Waals surface area (Å²) < 4.78 is 21.4. The Hall–Kier alpha value is -2.67. The molecular formula is C24H28FN3O3. The second-order valence-corrected chi connectivity index (χ2v) is 9.04. The summed E-state index contributed by atoms with van der Waals surface area (Å²) in [5.74, 6) is -0.162. The van der Waals surface area contributed by atoms with Crippen molar-refractivity contribution in [3.8, 4) is 5.75 Å². The molecule has 5 rings (SSSR count). The van der Waals surface area contributed by atoms with Crippen LogP contribution in [0.2, 0.25) is 0 Å². The van der Waals surface area contributed by atoms with Gasteiger partial charge in [0.2, 0.25) is 0 Å². The average Bonchev–Trinajstić information content (AvgIpc) is 3.28. The number of amides is 1. The van der Waals surface area contributed by atoms with Gasteiger partial charge in [-0.15, -0.1) is 0 Å². The highest BCUT2D eigenvalue weighted by molar-refractivity contribution is 5.94. The zero-order valence-corrected chi connectivity index (χ0v) is 17.8. The summed E-state index contributed by atoms with van der Waals surface area (Å²) in [6.07, 6.45) is 3.37. The van der Waals surface area contributed by atoms with E-state index in [1.54, 1.807) is 11.0 Å². The molecule has 3 aliphatic heterocycles. The molecule has 0 unspecified atom stereocenters. The summed E-state index contributed by atoms with van der Waals surface area (Å²) in [6.45, 7) is 4.51. The van der Waals surface area contributed by atoms with Crippen molar-refractivity contribution in [3.05, 3.63) is 63.3 Å². The van der Waals surface area contributed by atoms with E-state index in [2.05, 4.69) is 11.0 Å². The Bertz CT molecular complexity index is 1060. The molecule has 164 valence electrons. The maximum atomic E-state index is 14.5. The van der Waals surface area contributed by atoms with Gasteiger partial charge in [-0.2, -0.15) is 0 Å². The molecule has 0 saturated carbocycles. The molecule has 7 heteroatoms. The maximum absolute atomic E-state index is 14.5. The first-order chi connectivity index (χ1) is 15.0. The van der Waals surface area contributed by atoms with E-state index in [1.165, 1.54) is 32.1 Å². The van der Waals surface area contributed by atoms with E-state index < -0.39 is 5.82 Å². The molecule has 2 bridgehead atoms. The van der Waals surface area contributed by atoms with Crippen molar-refractivity contribution in [3.63, 3.8) is 0 Å². The summed E-state index contributed by atoms with van der Waals surface area (Å²) in [5.41, 5.74) is 2.04. The molecule has 0 aliphatic carbocycles. The minimum absolute atomic E-state index is 0.0686. The summed E-state index contributed by atoms with van der Waals surface area (Å²) in [7, 11) is 1.47. The minimum atomic E-state index is -0.566. The Morgan fingerprint density at radius 1 is 1.13 bits per heavy atom. The Labute approximate surface area is 181 Å². The van der Waals surface area contributed by atoms with Gasteiger partial charge in [-0.25, -0.2) is 4.39 Å². The first kappa shape index (κ1) is 20.2. The number of piperidine rings is 1. The number of methoxy groups -OCH3 is 1. The van der Waals surface area contributed by atoms with Crippen LogP contribution < -0.4 is 10.3 Å². The number of hydrogen-bond donors (Lipinski definition) is 0. The largest absolute Gasteiger partial charge is 0.497 e. The van der Waals surface area contributed by atoms with Gasteiger partial charge in [-0.05, 0) is 56.5 Å². The zero-order valence-electron chi connectivity index (χ0n) is 17.8. The Morgan fingerprint density at radius 2 is 1.94 bits per heavy atom. The topological polar surface area (TPSA) is 54.8 Å². The van der Waals surface area contributed by atoms with Gasteiger partial charge in [0.1, 0.15) is 11.6 Å². The monoisotopic (exact) mass is 425 g/mol. The van der Waals surface area contributed by atoms with Crippen LogP contribution in [0.25, 0.3) is 0 Å². The van der Waals surface area contributed by atoms with Gasteiger partial charge in [-0.3, -0.25) is 14.5 Å². The lowest BCUT2D eigenvalue weighted by molar-refractivity contribution is 0.0589. The molecule has 1 amide bonds. The summed E-state index contributed by atoms with van der Waals surface area (Å²) in [6, 6.07) is 8.38. The Balaban J connectivity index is 1.37.